The zero-order valence-electron chi connectivity index (χ0n) is 12.5. The maximum absolute atomic E-state index is 11.5. The van der Waals surface area contributed by atoms with Gasteiger partial charge < -0.3 is 9.15 Å². The van der Waals surface area contributed by atoms with Crippen molar-refractivity contribution >= 4 is 21.9 Å². The Morgan fingerprint density at radius 1 is 1.38 bits per heavy atom. The van der Waals surface area contributed by atoms with Gasteiger partial charge in [-0.15, -0.1) is 10.2 Å². The Morgan fingerprint density at radius 3 is 2.62 bits per heavy atom. The second kappa shape index (κ2) is 8.51. The molecule has 7 heteroatoms. The van der Waals surface area contributed by atoms with Crippen LogP contribution in [0.3, 0.4) is 0 Å². The Labute approximate surface area is 132 Å². The highest BCUT2D eigenvalue weighted by atomic mass is 79.9. The van der Waals surface area contributed by atoms with Gasteiger partial charge in [0, 0.05) is 23.8 Å². The molecule has 114 valence electrons. The Hall–Kier alpha value is -1.76. The number of hydrogen-bond donors (Lipinski definition) is 0. The minimum absolute atomic E-state index is 0.121. The van der Waals surface area contributed by atoms with Crippen molar-refractivity contribution in [1.29, 1.82) is 0 Å². The minimum Gasteiger partial charge on any atom is -0.469 e. The molecule has 0 spiro atoms. The second-order valence-corrected chi connectivity index (χ2v) is 4.84. The van der Waals surface area contributed by atoms with Crippen LogP contribution in [0.1, 0.15) is 43.5 Å². The molecule has 0 saturated heterocycles. The normalized spacial score (nSPS) is 11.3. The summed E-state index contributed by atoms with van der Waals surface area (Å²) in [5, 5.41) is 7.76. The van der Waals surface area contributed by atoms with Crippen molar-refractivity contribution < 1.29 is 13.9 Å². The summed E-state index contributed by atoms with van der Waals surface area (Å²) in [6.07, 6.45) is 3.45. The van der Waals surface area contributed by atoms with Crippen LogP contribution in [0.4, 0.5) is 0 Å². The van der Waals surface area contributed by atoms with Crippen LogP contribution in [0, 0.1) is 6.92 Å². The third kappa shape index (κ3) is 4.93. The van der Waals surface area contributed by atoms with Crippen molar-refractivity contribution in [2.24, 2.45) is 0 Å². The summed E-state index contributed by atoms with van der Waals surface area (Å²) in [6, 6.07) is 1.86. The summed E-state index contributed by atoms with van der Waals surface area (Å²) in [5.74, 6) is 0.120. The van der Waals surface area contributed by atoms with Gasteiger partial charge in [0.05, 0.1) is 19.4 Å². The maximum Gasteiger partial charge on any atom is 0.306 e. The van der Waals surface area contributed by atoms with Gasteiger partial charge in [-0.2, -0.15) is 0 Å². The highest BCUT2D eigenvalue weighted by molar-refractivity contribution is 9.10. The standard InChI is InChI=1S/C12H12BrN3O3.C2H6/c1-7-15-16-12(19-7)10(4-11(17)18-2)8-3-9(13)6-14-5-8;1-2/h3,5-6,10H,4H2,1-2H3;1-2H3. The van der Waals surface area contributed by atoms with Gasteiger partial charge in [-0.3, -0.25) is 9.78 Å². The minimum atomic E-state index is -0.362. The van der Waals surface area contributed by atoms with Crippen LogP contribution in [0.5, 0.6) is 0 Å². The molecular weight excluding hydrogens is 338 g/mol. The molecular formula is C14H18BrN3O3. The molecule has 0 amide bonds. The lowest BCUT2D eigenvalue weighted by atomic mass is 9.97. The Kier molecular flexibility index (Phi) is 7.01. The third-order valence-corrected chi connectivity index (χ3v) is 3.00. The molecule has 0 N–H and O–H groups in total. The lowest BCUT2D eigenvalue weighted by Gasteiger charge is -2.11. The van der Waals surface area contributed by atoms with Gasteiger partial charge >= 0.3 is 5.97 Å². The first-order valence-corrected chi connectivity index (χ1v) is 7.36. The Morgan fingerprint density at radius 2 is 2.10 bits per heavy atom. The largest absolute Gasteiger partial charge is 0.469 e. The molecule has 0 aliphatic heterocycles. The number of aromatic nitrogens is 3. The van der Waals surface area contributed by atoms with Crippen molar-refractivity contribution in [2.75, 3.05) is 7.11 Å². The van der Waals surface area contributed by atoms with Crippen LogP contribution in [-0.2, 0) is 9.53 Å². The number of pyridine rings is 1. The number of nitrogens with zero attached hydrogens (tertiary/aromatic N) is 3. The van der Waals surface area contributed by atoms with Crippen LogP contribution in [0.15, 0.2) is 27.3 Å². The van der Waals surface area contributed by atoms with E-state index in [2.05, 4.69) is 31.1 Å². The van der Waals surface area contributed by atoms with E-state index in [1.165, 1.54) is 7.11 Å². The van der Waals surface area contributed by atoms with Gasteiger partial charge in [0.15, 0.2) is 0 Å². The molecule has 0 bridgehead atoms. The first-order valence-electron chi connectivity index (χ1n) is 6.57. The second-order valence-electron chi connectivity index (χ2n) is 3.93. The summed E-state index contributed by atoms with van der Waals surface area (Å²) in [7, 11) is 1.34. The number of ether oxygens (including phenoxy) is 1. The summed E-state index contributed by atoms with van der Waals surface area (Å²) in [5.41, 5.74) is 0.809. The topological polar surface area (TPSA) is 78.1 Å². The first kappa shape index (κ1) is 17.3. The zero-order chi connectivity index (χ0) is 15.8. The van der Waals surface area contributed by atoms with Gasteiger partial charge in [-0.05, 0) is 27.6 Å². The van der Waals surface area contributed by atoms with Crippen LogP contribution in [-0.4, -0.2) is 28.3 Å². The molecule has 0 fully saturated rings. The fraction of sp³-hybridized carbons (Fsp3) is 0.429. The van der Waals surface area contributed by atoms with Crippen molar-refractivity contribution in [3.05, 3.63) is 40.3 Å². The van der Waals surface area contributed by atoms with Crippen LogP contribution >= 0.6 is 15.9 Å². The number of esters is 1. The summed E-state index contributed by atoms with van der Waals surface area (Å²) in [6.45, 7) is 5.70. The molecule has 6 nitrogen and oxygen atoms in total. The van der Waals surface area contributed by atoms with E-state index in [4.69, 9.17) is 9.15 Å². The molecule has 21 heavy (non-hydrogen) atoms. The van der Waals surface area contributed by atoms with Gasteiger partial charge in [0.2, 0.25) is 11.8 Å². The van der Waals surface area contributed by atoms with Gasteiger partial charge in [0.25, 0.3) is 0 Å². The lowest BCUT2D eigenvalue weighted by molar-refractivity contribution is -0.141. The molecule has 1 atom stereocenters. The van der Waals surface area contributed by atoms with E-state index in [1.54, 1.807) is 19.3 Å². The van der Waals surface area contributed by atoms with E-state index in [0.29, 0.717) is 11.8 Å². The lowest BCUT2D eigenvalue weighted by Crippen LogP contribution is -2.11. The highest BCUT2D eigenvalue weighted by Crippen LogP contribution is 2.28. The molecule has 2 heterocycles. The molecule has 0 aliphatic rings. The number of carbonyl (C=O) groups excluding carboxylic acids is 1. The SMILES string of the molecule is CC.COC(=O)CC(c1cncc(Br)c1)c1nnc(C)o1. The molecule has 1 unspecified atom stereocenters. The summed E-state index contributed by atoms with van der Waals surface area (Å²) in [4.78, 5) is 15.6. The fourth-order valence-corrected chi connectivity index (χ4v) is 2.05. The predicted molar refractivity (Wildman–Crippen MR) is 80.8 cm³/mol. The van der Waals surface area contributed by atoms with Gasteiger partial charge in [-0.1, -0.05) is 13.8 Å². The monoisotopic (exact) mass is 355 g/mol. The molecule has 2 aromatic heterocycles. The molecule has 2 rings (SSSR count). The van der Waals surface area contributed by atoms with Gasteiger partial charge in [0.1, 0.15) is 0 Å². The van der Waals surface area contributed by atoms with Crippen molar-refractivity contribution in [3.63, 3.8) is 0 Å². The van der Waals surface area contributed by atoms with Crippen molar-refractivity contribution in [1.82, 2.24) is 15.2 Å². The molecule has 2 aromatic rings. The van der Waals surface area contributed by atoms with E-state index in [1.807, 2.05) is 19.9 Å². The number of hydrogen-bond acceptors (Lipinski definition) is 6. The van der Waals surface area contributed by atoms with Crippen LogP contribution in [0.2, 0.25) is 0 Å². The van der Waals surface area contributed by atoms with E-state index in [-0.39, 0.29) is 18.3 Å². The van der Waals surface area contributed by atoms with E-state index in [0.717, 1.165) is 10.0 Å². The van der Waals surface area contributed by atoms with E-state index < -0.39 is 0 Å². The van der Waals surface area contributed by atoms with Crippen molar-refractivity contribution in [3.8, 4) is 0 Å². The number of methoxy groups -OCH3 is 1. The fourth-order valence-electron chi connectivity index (χ4n) is 1.67. The smallest absolute Gasteiger partial charge is 0.306 e. The van der Waals surface area contributed by atoms with Crippen molar-refractivity contribution in [2.45, 2.75) is 33.1 Å². The van der Waals surface area contributed by atoms with E-state index in [9.17, 15) is 4.79 Å². The maximum atomic E-state index is 11.5. The average Bonchev–Trinajstić information content (AvgIpc) is 2.92. The zero-order valence-corrected chi connectivity index (χ0v) is 14.0. The molecule has 0 aliphatic carbocycles. The van der Waals surface area contributed by atoms with Crippen LogP contribution in [0.25, 0.3) is 0 Å². The highest BCUT2D eigenvalue weighted by Gasteiger charge is 2.24. The summed E-state index contributed by atoms with van der Waals surface area (Å²) >= 11 is 3.35. The number of carbonyl (C=O) groups is 1. The number of rotatable bonds is 4. The molecule has 0 aromatic carbocycles. The first-order chi connectivity index (χ1) is 10.1. The quantitative estimate of drug-likeness (QED) is 0.783. The van der Waals surface area contributed by atoms with E-state index >= 15 is 0 Å². The number of halogens is 1. The summed E-state index contributed by atoms with van der Waals surface area (Å²) < 4.78 is 10.9. The third-order valence-electron chi connectivity index (χ3n) is 2.57. The molecule has 0 radical (unpaired) electrons. The Balaban J connectivity index is 0.00000106. The van der Waals surface area contributed by atoms with Gasteiger partial charge in [-0.25, -0.2) is 0 Å². The number of aryl methyl sites for hydroxylation is 1. The molecule has 0 saturated carbocycles. The predicted octanol–water partition coefficient (Wildman–Crippen LogP) is 3.26. The average molecular weight is 356 g/mol. The Bertz CT molecular complexity index is 586. The van der Waals surface area contributed by atoms with Crippen LogP contribution < -0.4 is 0 Å².